The summed E-state index contributed by atoms with van der Waals surface area (Å²) in [7, 11) is 1.56. The van der Waals surface area contributed by atoms with Crippen molar-refractivity contribution in [3.05, 3.63) is 59.7 Å². The normalized spacial score (nSPS) is 10.7. The van der Waals surface area contributed by atoms with Crippen molar-refractivity contribution in [3.8, 4) is 5.75 Å². The van der Waals surface area contributed by atoms with E-state index in [1.807, 2.05) is 6.07 Å². The number of nitrogens with one attached hydrogen (secondary N) is 3. The zero-order chi connectivity index (χ0) is 22.1. The van der Waals surface area contributed by atoms with E-state index in [2.05, 4.69) is 16.0 Å². The molecule has 2 aromatic carbocycles. The molecular weight excluding hydrogens is 386 g/mol. The third-order valence-electron chi connectivity index (χ3n) is 3.82. The van der Waals surface area contributed by atoms with E-state index in [-0.39, 0.29) is 24.9 Å². The lowest BCUT2D eigenvalue weighted by atomic mass is 10.1. The molecule has 0 aliphatic carbocycles. The lowest BCUT2D eigenvalue weighted by Gasteiger charge is -2.19. The molecule has 0 spiro atoms. The summed E-state index contributed by atoms with van der Waals surface area (Å²) < 4.78 is 10.2. The van der Waals surface area contributed by atoms with Gasteiger partial charge in [0.25, 0.3) is 5.91 Å². The van der Waals surface area contributed by atoms with Gasteiger partial charge in [0.05, 0.1) is 7.11 Å². The number of rotatable bonds is 7. The second-order valence-corrected chi connectivity index (χ2v) is 7.52. The van der Waals surface area contributed by atoms with Crippen LogP contribution in [-0.4, -0.2) is 37.2 Å². The predicted molar refractivity (Wildman–Crippen MR) is 113 cm³/mol. The number of methoxy groups -OCH3 is 1. The zero-order valence-corrected chi connectivity index (χ0v) is 17.6. The first kappa shape index (κ1) is 22.7. The van der Waals surface area contributed by atoms with Gasteiger partial charge in [-0.3, -0.25) is 9.59 Å². The Hall–Kier alpha value is -3.55. The molecule has 2 rings (SSSR count). The topological polar surface area (TPSA) is 106 Å². The minimum atomic E-state index is -0.652. The molecule has 2 aromatic rings. The van der Waals surface area contributed by atoms with Crippen LogP contribution < -0.4 is 20.7 Å². The largest absolute Gasteiger partial charge is 0.497 e. The molecule has 3 amide bonds. The third kappa shape index (κ3) is 7.83. The lowest BCUT2D eigenvalue weighted by molar-refractivity contribution is -0.120. The Kier molecular flexibility index (Phi) is 7.80. The van der Waals surface area contributed by atoms with Gasteiger partial charge in [-0.05, 0) is 62.7 Å². The van der Waals surface area contributed by atoms with E-state index in [1.54, 1.807) is 70.3 Å². The van der Waals surface area contributed by atoms with E-state index in [4.69, 9.17) is 9.47 Å². The van der Waals surface area contributed by atoms with E-state index in [9.17, 15) is 14.4 Å². The average Bonchev–Trinajstić information content (AvgIpc) is 2.70. The monoisotopic (exact) mass is 413 g/mol. The molecule has 0 bridgehead atoms. The van der Waals surface area contributed by atoms with Gasteiger partial charge in [0.15, 0.2) is 0 Å². The Labute approximate surface area is 175 Å². The van der Waals surface area contributed by atoms with Crippen molar-refractivity contribution in [2.45, 2.75) is 32.9 Å². The first-order valence-electron chi connectivity index (χ1n) is 9.44. The number of amides is 3. The smallest absolute Gasteiger partial charge is 0.408 e. The molecule has 0 saturated carbocycles. The summed E-state index contributed by atoms with van der Waals surface area (Å²) in [6.45, 7) is 5.29. The molecule has 0 saturated heterocycles. The second-order valence-electron chi connectivity index (χ2n) is 7.52. The van der Waals surface area contributed by atoms with E-state index in [1.165, 1.54) is 0 Å². The number of carbonyl (C=O) groups excluding carboxylic acids is 3. The Balaban J connectivity index is 1.84. The van der Waals surface area contributed by atoms with Crippen molar-refractivity contribution in [2.75, 3.05) is 19.0 Å². The molecule has 0 radical (unpaired) electrons. The van der Waals surface area contributed by atoms with Crippen molar-refractivity contribution in [1.82, 2.24) is 10.6 Å². The van der Waals surface area contributed by atoms with Crippen LogP contribution in [0.15, 0.2) is 48.5 Å². The van der Waals surface area contributed by atoms with Crippen LogP contribution in [-0.2, 0) is 16.1 Å². The van der Waals surface area contributed by atoms with Gasteiger partial charge < -0.3 is 25.4 Å². The van der Waals surface area contributed by atoms with Gasteiger partial charge >= 0.3 is 6.09 Å². The maximum atomic E-state index is 12.4. The van der Waals surface area contributed by atoms with Crippen LogP contribution in [0.5, 0.6) is 5.75 Å². The molecule has 0 atom stereocenters. The highest BCUT2D eigenvalue weighted by Gasteiger charge is 2.16. The molecule has 3 N–H and O–H groups in total. The summed E-state index contributed by atoms with van der Waals surface area (Å²) in [6, 6.07) is 13.9. The minimum absolute atomic E-state index is 0.192. The van der Waals surface area contributed by atoms with Gasteiger partial charge in [0.1, 0.15) is 17.9 Å². The van der Waals surface area contributed by atoms with Gasteiger partial charge in [-0.15, -0.1) is 0 Å². The molecule has 0 fully saturated rings. The van der Waals surface area contributed by atoms with Gasteiger partial charge in [-0.1, -0.05) is 12.1 Å². The van der Waals surface area contributed by atoms with Crippen molar-refractivity contribution < 1.29 is 23.9 Å². The van der Waals surface area contributed by atoms with Crippen molar-refractivity contribution >= 4 is 23.6 Å². The summed E-state index contributed by atoms with van der Waals surface area (Å²) in [4.78, 5) is 35.9. The summed E-state index contributed by atoms with van der Waals surface area (Å²) in [6.07, 6.45) is -0.652. The first-order valence-corrected chi connectivity index (χ1v) is 9.44. The SMILES string of the molecule is COc1ccc(C(=O)Nc2cccc(CNC(=O)CNC(=O)OC(C)(C)C)c2)cc1. The van der Waals surface area contributed by atoms with E-state index >= 15 is 0 Å². The Bertz CT molecular complexity index is 888. The fourth-order valence-electron chi connectivity index (χ4n) is 2.43. The molecule has 0 aromatic heterocycles. The number of anilines is 1. The summed E-state index contributed by atoms with van der Waals surface area (Å²) in [5, 5.41) is 7.93. The first-order chi connectivity index (χ1) is 14.2. The number of benzene rings is 2. The van der Waals surface area contributed by atoms with Gasteiger partial charge in [-0.25, -0.2) is 4.79 Å². The molecule has 30 heavy (non-hydrogen) atoms. The highest BCUT2D eigenvalue weighted by molar-refractivity contribution is 6.04. The van der Waals surface area contributed by atoms with Gasteiger partial charge in [0, 0.05) is 17.8 Å². The lowest BCUT2D eigenvalue weighted by Crippen LogP contribution is -2.39. The highest BCUT2D eigenvalue weighted by Crippen LogP contribution is 2.15. The number of hydrogen-bond acceptors (Lipinski definition) is 5. The number of carbonyl (C=O) groups is 3. The van der Waals surface area contributed by atoms with Crippen molar-refractivity contribution in [2.24, 2.45) is 0 Å². The number of alkyl carbamates (subject to hydrolysis) is 1. The quantitative estimate of drug-likeness (QED) is 0.647. The Morgan fingerprint density at radius 2 is 1.67 bits per heavy atom. The summed E-state index contributed by atoms with van der Waals surface area (Å²) in [5.74, 6) is 0.0689. The fraction of sp³-hybridized carbons (Fsp3) is 0.318. The van der Waals surface area contributed by atoms with Gasteiger partial charge in [0.2, 0.25) is 5.91 Å². The van der Waals surface area contributed by atoms with Gasteiger partial charge in [-0.2, -0.15) is 0 Å². The molecule has 0 aliphatic heterocycles. The van der Waals surface area contributed by atoms with Crippen LogP contribution in [0.25, 0.3) is 0 Å². The van der Waals surface area contributed by atoms with Crippen LogP contribution in [0.3, 0.4) is 0 Å². The maximum Gasteiger partial charge on any atom is 0.408 e. The standard InChI is InChI=1S/C22H27N3O5/c1-22(2,3)30-21(28)24-14-19(26)23-13-15-6-5-7-17(12-15)25-20(27)16-8-10-18(29-4)11-9-16/h5-12H,13-14H2,1-4H3,(H,23,26)(H,24,28)(H,25,27). The fourth-order valence-corrected chi connectivity index (χ4v) is 2.43. The molecule has 0 unspecified atom stereocenters. The van der Waals surface area contributed by atoms with Crippen molar-refractivity contribution in [1.29, 1.82) is 0 Å². The number of ether oxygens (including phenoxy) is 2. The van der Waals surface area contributed by atoms with E-state index in [0.29, 0.717) is 17.0 Å². The second kappa shape index (κ2) is 10.3. The van der Waals surface area contributed by atoms with Crippen LogP contribution in [0.4, 0.5) is 10.5 Å². The third-order valence-corrected chi connectivity index (χ3v) is 3.82. The summed E-state index contributed by atoms with van der Waals surface area (Å²) in [5.41, 5.74) is 1.28. The minimum Gasteiger partial charge on any atom is -0.497 e. The molecular formula is C22H27N3O5. The van der Waals surface area contributed by atoms with Crippen LogP contribution in [0.2, 0.25) is 0 Å². The van der Waals surface area contributed by atoms with Crippen LogP contribution in [0, 0.1) is 0 Å². The highest BCUT2D eigenvalue weighted by atomic mass is 16.6. The average molecular weight is 413 g/mol. The van der Waals surface area contributed by atoms with Crippen LogP contribution >= 0.6 is 0 Å². The van der Waals surface area contributed by atoms with Crippen molar-refractivity contribution in [3.63, 3.8) is 0 Å². The maximum absolute atomic E-state index is 12.4. The molecule has 8 nitrogen and oxygen atoms in total. The number of hydrogen-bond donors (Lipinski definition) is 3. The zero-order valence-electron chi connectivity index (χ0n) is 17.6. The molecule has 8 heteroatoms. The molecule has 0 aliphatic rings. The Morgan fingerprint density at radius 3 is 2.30 bits per heavy atom. The Morgan fingerprint density at radius 1 is 0.967 bits per heavy atom. The van der Waals surface area contributed by atoms with Crippen LogP contribution in [0.1, 0.15) is 36.7 Å². The molecule has 0 heterocycles. The predicted octanol–water partition coefficient (Wildman–Crippen LogP) is 3.09. The van der Waals surface area contributed by atoms with E-state index < -0.39 is 11.7 Å². The summed E-state index contributed by atoms with van der Waals surface area (Å²) >= 11 is 0. The molecule has 160 valence electrons. The van der Waals surface area contributed by atoms with E-state index in [0.717, 1.165) is 5.56 Å².